The number of rotatable bonds is 6. The predicted molar refractivity (Wildman–Crippen MR) is 69.7 cm³/mol. The Bertz CT molecular complexity index is 193. The van der Waals surface area contributed by atoms with Crippen molar-refractivity contribution < 1.29 is 0 Å². The third-order valence-corrected chi connectivity index (χ3v) is 4.41. The Morgan fingerprint density at radius 3 is 2.88 bits per heavy atom. The molecule has 2 aliphatic rings. The Hall–Kier alpha value is -0.0800. The van der Waals surface area contributed by atoms with Gasteiger partial charge >= 0.3 is 0 Å². The predicted octanol–water partition coefficient (Wildman–Crippen LogP) is 2.64. The van der Waals surface area contributed by atoms with Gasteiger partial charge in [-0.25, -0.2) is 0 Å². The van der Waals surface area contributed by atoms with Crippen LogP contribution in [0.5, 0.6) is 0 Å². The molecule has 1 heterocycles. The minimum absolute atomic E-state index is 0.966. The summed E-state index contributed by atoms with van der Waals surface area (Å²) in [7, 11) is 0. The fourth-order valence-electron chi connectivity index (χ4n) is 3.58. The molecule has 2 atom stereocenters. The highest BCUT2D eigenvalue weighted by atomic mass is 15.2. The van der Waals surface area contributed by atoms with Crippen LogP contribution in [0, 0.1) is 5.92 Å². The molecule has 1 saturated heterocycles. The van der Waals surface area contributed by atoms with Crippen molar-refractivity contribution in [3.8, 4) is 0 Å². The molecule has 0 aromatic carbocycles. The van der Waals surface area contributed by atoms with E-state index in [2.05, 4.69) is 17.1 Å². The van der Waals surface area contributed by atoms with Crippen LogP contribution in [0.3, 0.4) is 0 Å². The van der Waals surface area contributed by atoms with Crippen molar-refractivity contribution in [1.82, 2.24) is 10.2 Å². The molecule has 2 rings (SSSR count). The van der Waals surface area contributed by atoms with Gasteiger partial charge in [-0.05, 0) is 70.6 Å². The first-order valence-corrected chi connectivity index (χ1v) is 7.36. The molecule has 1 N–H and O–H groups in total. The summed E-state index contributed by atoms with van der Waals surface area (Å²) in [6.45, 7) is 7.25. The van der Waals surface area contributed by atoms with E-state index < -0.39 is 0 Å². The highest BCUT2D eigenvalue weighted by molar-refractivity contribution is 4.88. The molecule has 0 spiro atoms. The van der Waals surface area contributed by atoms with Crippen LogP contribution in [0.25, 0.3) is 0 Å². The Kier molecular flexibility index (Phi) is 5.11. The summed E-state index contributed by atoms with van der Waals surface area (Å²) in [5.41, 5.74) is 0. The van der Waals surface area contributed by atoms with Crippen LogP contribution in [0.1, 0.15) is 51.9 Å². The largest absolute Gasteiger partial charge is 0.317 e. The summed E-state index contributed by atoms with van der Waals surface area (Å²) in [6.07, 6.45) is 10.2. The van der Waals surface area contributed by atoms with Gasteiger partial charge in [0.15, 0.2) is 0 Å². The van der Waals surface area contributed by atoms with Gasteiger partial charge in [-0.3, -0.25) is 0 Å². The molecule has 2 heteroatoms. The van der Waals surface area contributed by atoms with Crippen molar-refractivity contribution in [1.29, 1.82) is 0 Å². The zero-order chi connectivity index (χ0) is 11.2. The molecule has 1 aliphatic heterocycles. The van der Waals surface area contributed by atoms with Gasteiger partial charge in [0.25, 0.3) is 0 Å². The van der Waals surface area contributed by atoms with E-state index in [1.807, 2.05) is 0 Å². The summed E-state index contributed by atoms with van der Waals surface area (Å²) < 4.78 is 0. The first-order valence-electron chi connectivity index (χ1n) is 7.36. The lowest BCUT2D eigenvalue weighted by Gasteiger charge is -2.37. The molecule has 0 amide bonds. The summed E-state index contributed by atoms with van der Waals surface area (Å²) >= 11 is 0. The lowest BCUT2D eigenvalue weighted by molar-refractivity contribution is 0.111. The van der Waals surface area contributed by atoms with Crippen molar-refractivity contribution in [2.24, 2.45) is 5.92 Å². The van der Waals surface area contributed by atoms with Crippen LogP contribution in [-0.2, 0) is 0 Å². The normalized spacial score (nSPS) is 30.6. The van der Waals surface area contributed by atoms with Gasteiger partial charge in [0.05, 0.1) is 0 Å². The van der Waals surface area contributed by atoms with E-state index in [1.165, 1.54) is 64.6 Å². The van der Waals surface area contributed by atoms with E-state index in [-0.39, 0.29) is 0 Å². The van der Waals surface area contributed by atoms with Gasteiger partial charge < -0.3 is 10.2 Å². The highest BCUT2D eigenvalue weighted by Crippen LogP contribution is 2.36. The fraction of sp³-hybridized carbons (Fsp3) is 1.00. The summed E-state index contributed by atoms with van der Waals surface area (Å²) in [5.74, 6) is 1.06. The monoisotopic (exact) mass is 224 g/mol. The number of piperidine rings is 1. The Morgan fingerprint density at radius 2 is 2.00 bits per heavy atom. The topological polar surface area (TPSA) is 15.3 Å². The zero-order valence-corrected chi connectivity index (χ0v) is 10.9. The van der Waals surface area contributed by atoms with E-state index in [9.17, 15) is 0 Å². The molecule has 0 aromatic rings. The number of hydrogen-bond donors (Lipinski definition) is 1. The third kappa shape index (κ3) is 3.21. The van der Waals surface area contributed by atoms with Crippen molar-refractivity contribution in [3.63, 3.8) is 0 Å². The van der Waals surface area contributed by atoms with E-state index in [0.29, 0.717) is 0 Å². The van der Waals surface area contributed by atoms with Crippen LogP contribution in [0.4, 0.5) is 0 Å². The molecule has 0 bridgehead atoms. The minimum Gasteiger partial charge on any atom is -0.317 e. The highest BCUT2D eigenvalue weighted by Gasteiger charge is 2.34. The first-order chi connectivity index (χ1) is 7.92. The number of nitrogens with one attached hydrogen (secondary N) is 1. The lowest BCUT2D eigenvalue weighted by atomic mass is 9.92. The minimum atomic E-state index is 0.966. The van der Waals surface area contributed by atoms with E-state index in [0.717, 1.165) is 18.5 Å². The molecule has 2 fully saturated rings. The average molecular weight is 224 g/mol. The van der Waals surface area contributed by atoms with E-state index in [4.69, 9.17) is 0 Å². The maximum Gasteiger partial charge on any atom is 0.0123 e. The van der Waals surface area contributed by atoms with Crippen molar-refractivity contribution in [2.75, 3.05) is 26.2 Å². The summed E-state index contributed by atoms with van der Waals surface area (Å²) in [6, 6.07) is 0.966. The lowest BCUT2D eigenvalue weighted by Crippen LogP contribution is -2.43. The molecular formula is C14H28N2. The van der Waals surface area contributed by atoms with Gasteiger partial charge in [0, 0.05) is 6.04 Å². The van der Waals surface area contributed by atoms with Crippen LogP contribution in [0.2, 0.25) is 0 Å². The summed E-state index contributed by atoms with van der Waals surface area (Å²) in [4.78, 5) is 2.80. The number of likely N-dealkylation sites (tertiary alicyclic amines) is 1. The molecule has 1 aliphatic carbocycles. The first kappa shape index (κ1) is 12.4. The Morgan fingerprint density at radius 1 is 1.12 bits per heavy atom. The Balaban J connectivity index is 1.64. The number of nitrogens with zero attached hydrogens (tertiary/aromatic N) is 1. The second-order valence-electron chi connectivity index (χ2n) is 5.50. The molecule has 94 valence electrons. The molecule has 0 aromatic heterocycles. The molecule has 2 nitrogen and oxygen atoms in total. The van der Waals surface area contributed by atoms with Crippen molar-refractivity contribution in [2.45, 2.75) is 57.9 Å². The zero-order valence-electron chi connectivity index (χ0n) is 10.9. The van der Waals surface area contributed by atoms with Crippen molar-refractivity contribution >= 4 is 0 Å². The quantitative estimate of drug-likeness (QED) is 0.698. The number of fused-ring (bicyclic) bond motifs is 1. The summed E-state index contributed by atoms with van der Waals surface area (Å²) in [5, 5.41) is 3.41. The second-order valence-corrected chi connectivity index (χ2v) is 5.50. The van der Waals surface area contributed by atoms with E-state index in [1.54, 1.807) is 0 Å². The molecule has 0 radical (unpaired) electrons. The molecule has 16 heavy (non-hydrogen) atoms. The third-order valence-electron chi connectivity index (χ3n) is 4.41. The van der Waals surface area contributed by atoms with Crippen LogP contribution in [-0.4, -0.2) is 37.1 Å². The van der Waals surface area contributed by atoms with Gasteiger partial charge in [-0.15, -0.1) is 0 Å². The van der Waals surface area contributed by atoms with Crippen molar-refractivity contribution in [3.05, 3.63) is 0 Å². The van der Waals surface area contributed by atoms with Gasteiger partial charge in [0.1, 0.15) is 0 Å². The molecule has 1 saturated carbocycles. The SMILES string of the molecule is CCNCCCCN1CCCC2CCCC21. The van der Waals surface area contributed by atoms with E-state index >= 15 is 0 Å². The molecule has 2 unspecified atom stereocenters. The van der Waals surface area contributed by atoms with Gasteiger partial charge in [-0.2, -0.15) is 0 Å². The fourth-order valence-corrected chi connectivity index (χ4v) is 3.58. The smallest absolute Gasteiger partial charge is 0.0123 e. The average Bonchev–Trinajstić information content (AvgIpc) is 2.77. The van der Waals surface area contributed by atoms with Crippen LogP contribution < -0.4 is 5.32 Å². The number of hydrogen-bond acceptors (Lipinski definition) is 2. The maximum absolute atomic E-state index is 3.41. The van der Waals surface area contributed by atoms with Gasteiger partial charge in [0.2, 0.25) is 0 Å². The standard InChI is InChI=1S/C14H28N2/c1-2-15-10-3-4-11-16-12-6-8-13-7-5-9-14(13)16/h13-15H,2-12H2,1H3. The van der Waals surface area contributed by atoms with Crippen LogP contribution >= 0.6 is 0 Å². The number of unbranched alkanes of at least 4 members (excludes halogenated alkanes) is 1. The maximum atomic E-state index is 3.41. The van der Waals surface area contributed by atoms with Crippen LogP contribution in [0.15, 0.2) is 0 Å². The molecular weight excluding hydrogens is 196 g/mol. The second kappa shape index (κ2) is 6.61. The van der Waals surface area contributed by atoms with Gasteiger partial charge in [-0.1, -0.05) is 13.3 Å². The Labute approximate surface area is 101 Å².